The minimum absolute atomic E-state index is 0.0116. The number of methoxy groups -OCH3 is 1. The van der Waals surface area contributed by atoms with E-state index < -0.39 is 0 Å². The number of rotatable bonds is 4. The Morgan fingerprint density at radius 2 is 2.10 bits per heavy atom. The second kappa shape index (κ2) is 8.07. The molecule has 0 aliphatic carbocycles. The van der Waals surface area contributed by atoms with Crippen molar-refractivity contribution in [3.05, 3.63) is 53.9 Å². The molecule has 0 saturated carbocycles. The lowest BCUT2D eigenvalue weighted by atomic mass is 10.0. The number of aryl methyl sites for hydroxylation is 1. The number of nitrogens with one attached hydrogen (secondary N) is 1. The number of aromatic nitrogens is 2. The first kappa shape index (κ1) is 19.2. The Morgan fingerprint density at radius 1 is 1.24 bits per heavy atom. The van der Waals surface area contributed by atoms with Crippen molar-refractivity contribution in [2.24, 2.45) is 0 Å². The van der Waals surface area contributed by atoms with Gasteiger partial charge in [0, 0.05) is 41.6 Å². The van der Waals surface area contributed by atoms with Gasteiger partial charge in [-0.1, -0.05) is 6.07 Å². The summed E-state index contributed by atoms with van der Waals surface area (Å²) in [7, 11) is 1.64. The molecule has 6 nitrogen and oxygen atoms in total. The molecule has 6 heteroatoms. The van der Waals surface area contributed by atoms with Crippen LogP contribution in [-0.4, -0.2) is 40.5 Å². The monoisotopic (exact) mass is 390 g/mol. The smallest absolute Gasteiger partial charge is 0.257 e. The molecular weight excluding hydrogens is 364 g/mol. The van der Waals surface area contributed by atoms with Crippen LogP contribution >= 0.6 is 0 Å². The Labute approximate surface area is 170 Å². The van der Waals surface area contributed by atoms with Crippen LogP contribution in [0.5, 0.6) is 5.75 Å². The minimum atomic E-state index is 0.0116. The van der Waals surface area contributed by atoms with Crippen molar-refractivity contribution in [1.82, 2.24) is 14.9 Å². The summed E-state index contributed by atoms with van der Waals surface area (Å²) in [6.07, 6.45) is 4.89. The maximum atomic E-state index is 13.5. The van der Waals surface area contributed by atoms with Gasteiger partial charge in [-0.3, -0.25) is 4.79 Å². The topological polar surface area (TPSA) is 67.3 Å². The van der Waals surface area contributed by atoms with Gasteiger partial charge < -0.3 is 15.0 Å². The number of carbonyl (C=O) groups excluding carboxylic acids is 1. The molecule has 1 fully saturated rings. The molecule has 4 rings (SSSR count). The quantitative estimate of drug-likeness (QED) is 0.699. The van der Waals surface area contributed by atoms with Crippen molar-refractivity contribution in [3.8, 4) is 5.75 Å². The number of anilines is 2. The van der Waals surface area contributed by atoms with Crippen LogP contribution in [0.3, 0.4) is 0 Å². The zero-order chi connectivity index (χ0) is 20.4. The Kier molecular flexibility index (Phi) is 5.34. The normalized spacial score (nSPS) is 16.7. The third-order valence-corrected chi connectivity index (χ3v) is 5.50. The molecule has 1 atom stereocenters. The SMILES string of the molecule is COc1cccc(Nc2c(C(=O)N3CCCC[C@@H]3C)cnc3nc(C)ccc23)c1. The Morgan fingerprint density at radius 3 is 2.90 bits per heavy atom. The Bertz CT molecular complexity index is 1050. The van der Waals surface area contributed by atoms with Crippen molar-refractivity contribution in [2.45, 2.75) is 39.2 Å². The molecule has 1 aliphatic rings. The summed E-state index contributed by atoms with van der Waals surface area (Å²) in [5, 5.41) is 4.26. The number of fused-ring (bicyclic) bond motifs is 1. The van der Waals surface area contributed by atoms with Crippen LogP contribution in [0.4, 0.5) is 11.4 Å². The van der Waals surface area contributed by atoms with E-state index in [-0.39, 0.29) is 11.9 Å². The molecule has 1 aliphatic heterocycles. The molecule has 0 spiro atoms. The van der Waals surface area contributed by atoms with Crippen molar-refractivity contribution in [3.63, 3.8) is 0 Å². The summed E-state index contributed by atoms with van der Waals surface area (Å²) in [4.78, 5) is 24.5. The average molecular weight is 390 g/mol. The van der Waals surface area contributed by atoms with E-state index in [0.717, 1.165) is 47.6 Å². The summed E-state index contributed by atoms with van der Waals surface area (Å²) >= 11 is 0. The number of nitrogens with zero attached hydrogens (tertiary/aromatic N) is 3. The van der Waals surface area contributed by atoms with Gasteiger partial charge in [-0.25, -0.2) is 9.97 Å². The highest BCUT2D eigenvalue weighted by Crippen LogP contribution is 2.32. The van der Waals surface area contributed by atoms with E-state index in [1.807, 2.05) is 48.2 Å². The highest BCUT2D eigenvalue weighted by Gasteiger charge is 2.27. The van der Waals surface area contributed by atoms with Gasteiger partial charge in [0.1, 0.15) is 5.75 Å². The first-order chi connectivity index (χ1) is 14.1. The van der Waals surface area contributed by atoms with Crippen molar-refractivity contribution >= 4 is 28.3 Å². The fourth-order valence-corrected chi connectivity index (χ4v) is 3.87. The summed E-state index contributed by atoms with van der Waals surface area (Å²) in [5.74, 6) is 0.762. The number of amides is 1. The summed E-state index contributed by atoms with van der Waals surface area (Å²) in [5.41, 5.74) is 3.66. The summed E-state index contributed by atoms with van der Waals surface area (Å²) in [6, 6.07) is 11.8. The molecule has 1 N–H and O–H groups in total. The Balaban J connectivity index is 1.81. The van der Waals surface area contributed by atoms with E-state index in [2.05, 4.69) is 22.2 Å². The van der Waals surface area contributed by atoms with Gasteiger partial charge in [-0.15, -0.1) is 0 Å². The number of benzene rings is 1. The second-order valence-electron chi connectivity index (χ2n) is 7.57. The zero-order valence-corrected chi connectivity index (χ0v) is 17.1. The minimum Gasteiger partial charge on any atom is -0.497 e. The van der Waals surface area contributed by atoms with Crippen LogP contribution in [0.1, 0.15) is 42.2 Å². The van der Waals surface area contributed by atoms with E-state index in [4.69, 9.17) is 4.74 Å². The number of likely N-dealkylation sites (tertiary alicyclic amines) is 1. The Hall–Kier alpha value is -3.15. The number of piperidine rings is 1. The van der Waals surface area contributed by atoms with E-state index in [9.17, 15) is 4.79 Å². The number of hydrogen-bond acceptors (Lipinski definition) is 5. The number of carbonyl (C=O) groups is 1. The summed E-state index contributed by atoms with van der Waals surface area (Å²) < 4.78 is 5.34. The van der Waals surface area contributed by atoms with Gasteiger partial charge in [0.05, 0.1) is 18.4 Å². The van der Waals surface area contributed by atoms with Crippen LogP contribution in [0.2, 0.25) is 0 Å². The highest BCUT2D eigenvalue weighted by atomic mass is 16.5. The number of ether oxygens (including phenoxy) is 1. The largest absolute Gasteiger partial charge is 0.497 e. The fraction of sp³-hybridized carbons (Fsp3) is 0.348. The number of hydrogen-bond donors (Lipinski definition) is 1. The molecule has 1 aromatic carbocycles. The van der Waals surface area contributed by atoms with E-state index in [1.54, 1.807) is 13.3 Å². The van der Waals surface area contributed by atoms with Gasteiger partial charge in [0.15, 0.2) is 5.65 Å². The van der Waals surface area contributed by atoms with E-state index in [1.165, 1.54) is 6.42 Å². The van der Waals surface area contributed by atoms with Crippen LogP contribution < -0.4 is 10.1 Å². The van der Waals surface area contributed by atoms with Gasteiger partial charge in [-0.05, 0) is 57.4 Å². The third kappa shape index (κ3) is 3.88. The molecular formula is C23H26N4O2. The fourth-order valence-electron chi connectivity index (χ4n) is 3.87. The second-order valence-corrected chi connectivity index (χ2v) is 7.57. The average Bonchev–Trinajstić information content (AvgIpc) is 2.74. The first-order valence-electron chi connectivity index (χ1n) is 10.0. The predicted molar refractivity (Wildman–Crippen MR) is 115 cm³/mol. The zero-order valence-electron chi connectivity index (χ0n) is 17.1. The molecule has 150 valence electrons. The van der Waals surface area contributed by atoms with Gasteiger partial charge in [0.25, 0.3) is 5.91 Å². The molecule has 3 heterocycles. The lowest BCUT2D eigenvalue weighted by Gasteiger charge is -2.34. The maximum absolute atomic E-state index is 13.5. The van der Waals surface area contributed by atoms with Gasteiger partial charge in [-0.2, -0.15) is 0 Å². The maximum Gasteiger partial charge on any atom is 0.257 e. The standard InChI is InChI=1S/C23H26N4O2/c1-15-10-11-19-21(26-17-8-6-9-18(13-17)29-3)20(14-24-22(19)25-15)23(28)27-12-5-4-7-16(27)2/h6,8-11,13-14,16H,4-5,7,12H2,1-3H3,(H,24,25,26)/t16-/m0/s1. The number of pyridine rings is 2. The molecule has 0 unspecified atom stereocenters. The van der Waals surface area contributed by atoms with Crippen molar-refractivity contribution in [1.29, 1.82) is 0 Å². The van der Waals surface area contributed by atoms with Gasteiger partial charge in [0.2, 0.25) is 0 Å². The molecule has 0 radical (unpaired) electrons. The lowest BCUT2D eigenvalue weighted by molar-refractivity contribution is 0.0636. The summed E-state index contributed by atoms with van der Waals surface area (Å²) in [6.45, 7) is 4.83. The predicted octanol–water partition coefficient (Wildman–Crippen LogP) is 4.71. The highest BCUT2D eigenvalue weighted by molar-refractivity contribution is 6.07. The van der Waals surface area contributed by atoms with Gasteiger partial charge >= 0.3 is 0 Å². The lowest BCUT2D eigenvalue weighted by Crippen LogP contribution is -2.42. The van der Waals surface area contributed by atoms with Crippen LogP contribution in [0, 0.1) is 6.92 Å². The van der Waals surface area contributed by atoms with Crippen LogP contribution in [0.15, 0.2) is 42.6 Å². The first-order valence-corrected chi connectivity index (χ1v) is 10.0. The van der Waals surface area contributed by atoms with Crippen LogP contribution in [-0.2, 0) is 0 Å². The third-order valence-electron chi connectivity index (χ3n) is 5.50. The molecule has 3 aromatic rings. The van der Waals surface area contributed by atoms with E-state index in [0.29, 0.717) is 11.2 Å². The molecule has 1 saturated heterocycles. The van der Waals surface area contributed by atoms with Crippen molar-refractivity contribution in [2.75, 3.05) is 19.0 Å². The van der Waals surface area contributed by atoms with Crippen LogP contribution in [0.25, 0.3) is 11.0 Å². The van der Waals surface area contributed by atoms with Crippen molar-refractivity contribution < 1.29 is 9.53 Å². The molecule has 0 bridgehead atoms. The molecule has 29 heavy (non-hydrogen) atoms. The van der Waals surface area contributed by atoms with E-state index >= 15 is 0 Å². The molecule has 1 amide bonds. The molecule has 2 aromatic heterocycles.